The van der Waals surface area contributed by atoms with Crippen LogP contribution in [0.1, 0.15) is 29.8 Å². The fourth-order valence-electron chi connectivity index (χ4n) is 1.43. The predicted octanol–water partition coefficient (Wildman–Crippen LogP) is 2.15. The molecule has 0 unspecified atom stereocenters. The standard InChI is InChI=1S/C13H21N3OS/c1-9-7-10(5-6-11(9)16-14)12(17)15-8-13(2,3)18-4/h5-7,16H,8,14H2,1-4H3,(H,15,17). The van der Waals surface area contributed by atoms with Crippen LogP contribution in [0.2, 0.25) is 0 Å². The number of hydrogen-bond donors (Lipinski definition) is 3. The van der Waals surface area contributed by atoms with Gasteiger partial charge >= 0.3 is 0 Å². The lowest BCUT2D eigenvalue weighted by Crippen LogP contribution is -2.36. The van der Waals surface area contributed by atoms with Crippen LogP contribution in [0.25, 0.3) is 0 Å². The van der Waals surface area contributed by atoms with Gasteiger partial charge in [0, 0.05) is 16.9 Å². The maximum Gasteiger partial charge on any atom is 0.251 e. The monoisotopic (exact) mass is 267 g/mol. The Hall–Kier alpha value is -1.20. The fourth-order valence-corrected chi connectivity index (χ4v) is 1.65. The minimum atomic E-state index is -0.0520. The van der Waals surface area contributed by atoms with Crippen molar-refractivity contribution in [3.63, 3.8) is 0 Å². The number of amides is 1. The Labute approximate surface area is 113 Å². The SMILES string of the molecule is CSC(C)(C)CNC(=O)c1ccc(NN)c(C)c1. The average molecular weight is 267 g/mol. The van der Waals surface area contributed by atoms with Gasteiger partial charge in [-0.15, -0.1) is 0 Å². The number of benzene rings is 1. The Kier molecular flexibility index (Phi) is 5.04. The van der Waals surface area contributed by atoms with E-state index in [-0.39, 0.29) is 10.7 Å². The Morgan fingerprint density at radius 1 is 1.44 bits per heavy atom. The summed E-state index contributed by atoms with van der Waals surface area (Å²) in [7, 11) is 0. The molecule has 0 aliphatic carbocycles. The van der Waals surface area contributed by atoms with Crippen LogP contribution in [0, 0.1) is 6.92 Å². The van der Waals surface area contributed by atoms with Crippen LogP contribution in [-0.4, -0.2) is 23.5 Å². The highest BCUT2D eigenvalue weighted by Gasteiger charge is 2.17. The van der Waals surface area contributed by atoms with Gasteiger partial charge in [0.2, 0.25) is 0 Å². The van der Waals surface area contributed by atoms with Gasteiger partial charge in [0.1, 0.15) is 0 Å². The Morgan fingerprint density at radius 2 is 2.11 bits per heavy atom. The van der Waals surface area contributed by atoms with Crippen LogP contribution >= 0.6 is 11.8 Å². The van der Waals surface area contributed by atoms with Crippen molar-refractivity contribution >= 4 is 23.4 Å². The van der Waals surface area contributed by atoms with Crippen molar-refractivity contribution in [3.05, 3.63) is 29.3 Å². The van der Waals surface area contributed by atoms with E-state index >= 15 is 0 Å². The van der Waals surface area contributed by atoms with Gasteiger partial charge in [0.25, 0.3) is 5.91 Å². The van der Waals surface area contributed by atoms with Crippen molar-refractivity contribution in [2.45, 2.75) is 25.5 Å². The number of carbonyl (C=O) groups excluding carboxylic acids is 1. The van der Waals surface area contributed by atoms with Gasteiger partial charge in [0.15, 0.2) is 0 Å². The van der Waals surface area contributed by atoms with Crippen LogP contribution in [0.3, 0.4) is 0 Å². The van der Waals surface area contributed by atoms with Crippen LogP contribution in [-0.2, 0) is 0 Å². The van der Waals surface area contributed by atoms with E-state index in [4.69, 9.17) is 5.84 Å². The first kappa shape index (κ1) is 14.9. The van der Waals surface area contributed by atoms with Gasteiger partial charge < -0.3 is 10.7 Å². The number of aryl methyl sites for hydroxylation is 1. The molecule has 1 aromatic carbocycles. The molecule has 1 rings (SSSR count). The Bertz CT molecular complexity index is 432. The number of nitrogens with one attached hydrogen (secondary N) is 2. The first-order valence-corrected chi connectivity index (χ1v) is 7.03. The third-order valence-corrected chi connectivity index (χ3v) is 4.12. The summed E-state index contributed by atoms with van der Waals surface area (Å²) in [5.74, 6) is 5.31. The molecule has 0 fully saturated rings. The number of rotatable bonds is 5. The van der Waals surface area contributed by atoms with Crippen molar-refractivity contribution in [1.29, 1.82) is 0 Å². The summed E-state index contributed by atoms with van der Waals surface area (Å²) in [6, 6.07) is 5.41. The molecule has 0 spiro atoms. The molecule has 0 bridgehead atoms. The lowest BCUT2D eigenvalue weighted by molar-refractivity contribution is 0.0951. The molecule has 1 aromatic rings. The number of hydrogen-bond acceptors (Lipinski definition) is 4. The summed E-state index contributed by atoms with van der Waals surface area (Å²) < 4.78 is 0.0451. The lowest BCUT2D eigenvalue weighted by atomic mass is 10.1. The molecule has 0 radical (unpaired) electrons. The zero-order chi connectivity index (χ0) is 13.8. The predicted molar refractivity (Wildman–Crippen MR) is 78.9 cm³/mol. The first-order valence-electron chi connectivity index (χ1n) is 5.80. The molecule has 1 amide bonds. The van der Waals surface area contributed by atoms with Crippen molar-refractivity contribution in [2.24, 2.45) is 5.84 Å². The molecule has 18 heavy (non-hydrogen) atoms. The number of nitrogens with two attached hydrogens (primary N) is 1. The molecule has 4 N–H and O–H groups in total. The van der Waals surface area contributed by atoms with Crippen LogP contribution in [0.15, 0.2) is 18.2 Å². The molecule has 100 valence electrons. The highest BCUT2D eigenvalue weighted by molar-refractivity contribution is 7.99. The molecule has 5 heteroatoms. The smallest absolute Gasteiger partial charge is 0.251 e. The Morgan fingerprint density at radius 3 is 2.61 bits per heavy atom. The summed E-state index contributed by atoms with van der Waals surface area (Å²) in [4.78, 5) is 12.0. The molecule has 4 nitrogen and oxygen atoms in total. The first-order chi connectivity index (χ1) is 8.39. The van der Waals surface area contributed by atoms with Gasteiger partial charge in [-0.05, 0) is 50.8 Å². The van der Waals surface area contributed by atoms with E-state index < -0.39 is 0 Å². The molecule has 0 saturated heterocycles. The van der Waals surface area contributed by atoms with E-state index in [9.17, 15) is 4.79 Å². The van der Waals surface area contributed by atoms with E-state index in [2.05, 4.69) is 24.6 Å². The zero-order valence-corrected chi connectivity index (χ0v) is 12.1. The normalized spacial score (nSPS) is 11.2. The number of thioether (sulfide) groups is 1. The third kappa shape index (κ3) is 3.92. The maximum atomic E-state index is 12.0. The summed E-state index contributed by atoms with van der Waals surface area (Å²) in [6.45, 7) is 6.76. The molecule has 0 saturated carbocycles. The zero-order valence-electron chi connectivity index (χ0n) is 11.3. The second kappa shape index (κ2) is 6.11. The summed E-state index contributed by atoms with van der Waals surface area (Å²) in [6.07, 6.45) is 2.04. The summed E-state index contributed by atoms with van der Waals surface area (Å²) in [5, 5.41) is 2.94. The van der Waals surface area contributed by atoms with Gasteiger partial charge in [-0.1, -0.05) is 0 Å². The molecular weight excluding hydrogens is 246 g/mol. The lowest BCUT2D eigenvalue weighted by Gasteiger charge is -2.22. The maximum absolute atomic E-state index is 12.0. The van der Waals surface area contributed by atoms with Crippen molar-refractivity contribution in [3.8, 4) is 0 Å². The molecule has 0 aliphatic heterocycles. The second-order valence-electron chi connectivity index (χ2n) is 4.82. The summed E-state index contributed by atoms with van der Waals surface area (Å²) in [5.41, 5.74) is 5.03. The number of nitrogen functional groups attached to an aromatic ring is 1. The quantitative estimate of drug-likeness (QED) is 0.565. The van der Waals surface area contributed by atoms with Crippen LogP contribution < -0.4 is 16.6 Å². The second-order valence-corrected chi connectivity index (χ2v) is 6.33. The minimum absolute atomic E-state index is 0.0451. The number of anilines is 1. The average Bonchev–Trinajstić information content (AvgIpc) is 2.36. The highest BCUT2D eigenvalue weighted by Crippen LogP contribution is 2.20. The molecule has 0 aromatic heterocycles. The topological polar surface area (TPSA) is 67.2 Å². The van der Waals surface area contributed by atoms with E-state index in [1.807, 2.05) is 25.3 Å². The Balaban J connectivity index is 2.71. The van der Waals surface area contributed by atoms with E-state index in [0.717, 1.165) is 11.3 Å². The van der Waals surface area contributed by atoms with E-state index in [1.54, 1.807) is 17.8 Å². The van der Waals surface area contributed by atoms with E-state index in [0.29, 0.717) is 12.1 Å². The van der Waals surface area contributed by atoms with E-state index in [1.165, 1.54) is 0 Å². The molecular formula is C13H21N3OS. The van der Waals surface area contributed by atoms with Crippen molar-refractivity contribution in [1.82, 2.24) is 5.32 Å². The fraction of sp³-hybridized carbons (Fsp3) is 0.462. The van der Waals surface area contributed by atoms with Gasteiger partial charge in [-0.25, -0.2) is 0 Å². The molecule has 0 heterocycles. The number of hydrazine groups is 1. The minimum Gasteiger partial charge on any atom is -0.351 e. The number of carbonyl (C=O) groups is 1. The largest absolute Gasteiger partial charge is 0.351 e. The molecule has 0 aliphatic rings. The van der Waals surface area contributed by atoms with Crippen LogP contribution in [0.4, 0.5) is 5.69 Å². The highest BCUT2D eigenvalue weighted by atomic mass is 32.2. The summed E-state index contributed by atoms with van der Waals surface area (Å²) >= 11 is 1.73. The third-order valence-electron chi connectivity index (χ3n) is 2.87. The van der Waals surface area contributed by atoms with Crippen molar-refractivity contribution in [2.75, 3.05) is 18.2 Å². The molecule has 0 atom stereocenters. The van der Waals surface area contributed by atoms with Crippen LogP contribution in [0.5, 0.6) is 0 Å². The van der Waals surface area contributed by atoms with Gasteiger partial charge in [-0.3, -0.25) is 10.6 Å². The van der Waals surface area contributed by atoms with Gasteiger partial charge in [0.05, 0.1) is 5.69 Å². The van der Waals surface area contributed by atoms with Crippen molar-refractivity contribution < 1.29 is 4.79 Å². The van der Waals surface area contributed by atoms with Gasteiger partial charge in [-0.2, -0.15) is 11.8 Å².